The third-order valence-electron chi connectivity index (χ3n) is 5.38. The molecular weight excluding hydrogens is 430 g/mol. The summed E-state index contributed by atoms with van der Waals surface area (Å²) in [6.07, 6.45) is 14.1. The third-order valence-corrected chi connectivity index (χ3v) is 5.38. The standard InChI is InChI=1S/C27H53N3O4/c1-23(2)30-26(33)22-29-25(32)19-15-11-9-7-6-8-10-14-18-24(31)28-20-16-12-13-17-21-34-27(3,4)5/h23H,6-22H2,1-5H3,(H,28,31)(H,29,32)(H,30,33). The molecular formula is C27H53N3O4. The minimum absolute atomic E-state index is 0.0529. The molecule has 3 N–H and O–H groups in total. The van der Waals surface area contributed by atoms with E-state index in [9.17, 15) is 14.4 Å². The average molecular weight is 484 g/mol. The third kappa shape index (κ3) is 25.0. The molecule has 0 rings (SSSR count). The van der Waals surface area contributed by atoms with Crippen LogP contribution in [0.5, 0.6) is 0 Å². The fourth-order valence-corrected chi connectivity index (χ4v) is 3.55. The number of ether oxygens (including phenoxy) is 1. The molecule has 34 heavy (non-hydrogen) atoms. The van der Waals surface area contributed by atoms with Gasteiger partial charge in [-0.1, -0.05) is 51.4 Å². The van der Waals surface area contributed by atoms with Gasteiger partial charge in [-0.25, -0.2) is 0 Å². The molecule has 0 aliphatic rings. The lowest BCUT2D eigenvalue weighted by Crippen LogP contribution is -2.39. The zero-order chi connectivity index (χ0) is 25.7. The fraction of sp³-hybridized carbons (Fsp3) is 0.889. The lowest BCUT2D eigenvalue weighted by Gasteiger charge is -2.19. The van der Waals surface area contributed by atoms with Crippen molar-refractivity contribution in [2.24, 2.45) is 0 Å². The quantitative estimate of drug-likeness (QED) is 0.200. The Hall–Kier alpha value is -1.63. The van der Waals surface area contributed by atoms with E-state index in [1.165, 1.54) is 12.8 Å². The van der Waals surface area contributed by atoms with Crippen molar-refractivity contribution in [1.82, 2.24) is 16.0 Å². The second kappa shape index (κ2) is 20.7. The summed E-state index contributed by atoms with van der Waals surface area (Å²) < 4.78 is 5.71. The van der Waals surface area contributed by atoms with E-state index in [4.69, 9.17) is 4.74 Å². The first-order chi connectivity index (χ1) is 16.1. The van der Waals surface area contributed by atoms with E-state index in [2.05, 4.69) is 36.7 Å². The number of unbranched alkanes of at least 4 members (excludes halogenated alkanes) is 10. The molecule has 0 bridgehead atoms. The summed E-state index contributed by atoms with van der Waals surface area (Å²) in [5, 5.41) is 8.45. The summed E-state index contributed by atoms with van der Waals surface area (Å²) in [6.45, 7) is 11.7. The van der Waals surface area contributed by atoms with Crippen molar-refractivity contribution in [3.05, 3.63) is 0 Å². The molecule has 0 radical (unpaired) electrons. The first-order valence-electron chi connectivity index (χ1n) is 13.6. The minimum atomic E-state index is -0.144. The van der Waals surface area contributed by atoms with Gasteiger partial charge in [0, 0.05) is 32.0 Å². The van der Waals surface area contributed by atoms with Crippen LogP contribution in [0.25, 0.3) is 0 Å². The maximum absolute atomic E-state index is 11.9. The Bertz CT molecular complexity index is 544. The number of hydrogen-bond donors (Lipinski definition) is 3. The fourth-order valence-electron chi connectivity index (χ4n) is 3.55. The average Bonchev–Trinajstić information content (AvgIpc) is 2.74. The predicted molar refractivity (Wildman–Crippen MR) is 140 cm³/mol. The van der Waals surface area contributed by atoms with Crippen LogP contribution in [0.15, 0.2) is 0 Å². The molecule has 0 saturated heterocycles. The van der Waals surface area contributed by atoms with Crippen molar-refractivity contribution >= 4 is 17.7 Å². The van der Waals surface area contributed by atoms with Crippen LogP contribution in [-0.2, 0) is 19.1 Å². The smallest absolute Gasteiger partial charge is 0.239 e. The molecule has 0 fully saturated rings. The molecule has 0 spiro atoms. The van der Waals surface area contributed by atoms with Gasteiger partial charge in [0.25, 0.3) is 0 Å². The number of carbonyl (C=O) groups excluding carboxylic acids is 3. The van der Waals surface area contributed by atoms with E-state index in [1.54, 1.807) is 0 Å². The molecule has 7 heteroatoms. The molecule has 0 heterocycles. The lowest BCUT2D eigenvalue weighted by molar-refractivity contribution is -0.126. The Kier molecular flexibility index (Phi) is 19.7. The highest BCUT2D eigenvalue weighted by molar-refractivity contribution is 5.84. The number of amides is 3. The van der Waals surface area contributed by atoms with Gasteiger partial charge in [-0.3, -0.25) is 14.4 Å². The van der Waals surface area contributed by atoms with Gasteiger partial charge < -0.3 is 20.7 Å². The van der Waals surface area contributed by atoms with Crippen LogP contribution >= 0.6 is 0 Å². The van der Waals surface area contributed by atoms with Crippen molar-refractivity contribution in [2.75, 3.05) is 19.7 Å². The predicted octanol–water partition coefficient (Wildman–Crippen LogP) is 5.02. The van der Waals surface area contributed by atoms with Gasteiger partial charge in [0.15, 0.2) is 0 Å². The summed E-state index contributed by atoms with van der Waals surface area (Å²) in [5.74, 6) is -0.0202. The molecule has 0 saturated carbocycles. The van der Waals surface area contributed by atoms with Crippen LogP contribution in [0.3, 0.4) is 0 Å². The monoisotopic (exact) mass is 483 g/mol. The van der Waals surface area contributed by atoms with E-state index < -0.39 is 0 Å². The molecule has 0 atom stereocenters. The number of carbonyl (C=O) groups is 3. The molecule has 0 aromatic carbocycles. The SMILES string of the molecule is CC(C)NC(=O)CNC(=O)CCCCCCCCCCC(=O)NCCCCCCOC(C)(C)C. The van der Waals surface area contributed by atoms with E-state index in [0.29, 0.717) is 12.8 Å². The first-order valence-corrected chi connectivity index (χ1v) is 13.6. The van der Waals surface area contributed by atoms with Crippen LogP contribution in [0.4, 0.5) is 0 Å². The van der Waals surface area contributed by atoms with Crippen molar-refractivity contribution in [2.45, 2.75) is 136 Å². The molecule has 0 aliphatic carbocycles. The Morgan fingerprint density at radius 3 is 1.65 bits per heavy atom. The number of nitrogens with one attached hydrogen (secondary N) is 3. The van der Waals surface area contributed by atoms with E-state index in [0.717, 1.165) is 77.4 Å². The molecule has 0 unspecified atom stereocenters. The van der Waals surface area contributed by atoms with Gasteiger partial charge >= 0.3 is 0 Å². The Morgan fingerprint density at radius 1 is 0.647 bits per heavy atom. The Morgan fingerprint density at radius 2 is 1.12 bits per heavy atom. The van der Waals surface area contributed by atoms with Gasteiger partial charge in [0.1, 0.15) is 0 Å². The van der Waals surface area contributed by atoms with Crippen LogP contribution in [0.2, 0.25) is 0 Å². The van der Waals surface area contributed by atoms with E-state index >= 15 is 0 Å². The highest BCUT2D eigenvalue weighted by atomic mass is 16.5. The van der Waals surface area contributed by atoms with Crippen molar-refractivity contribution in [1.29, 1.82) is 0 Å². The van der Waals surface area contributed by atoms with Gasteiger partial charge in [0.2, 0.25) is 17.7 Å². The Balaban J connectivity index is 3.35. The minimum Gasteiger partial charge on any atom is -0.376 e. The molecule has 200 valence electrons. The zero-order valence-electron chi connectivity index (χ0n) is 22.7. The second-order valence-corrected chi connectivity index (χ2v) is 10.6. The largest absolute Gasteiger partial charge is 0.376 e. The first kappa shape index (κ1) is 32.4. The number of rotatable bonds is 21. The summed E-state index contributed by atoms with van der Waals surface area (Å²) in [5.41, 5.74) is -0.0531. The normalized spacial score (nSPS) is 11.5. The topological polar surface area (TPSA) is 96.5 Å². The molecule has 3 amide bonds. The van der Waals surface area contributed by atoms with E-state index in [-0.39, 0.29) is 35.9 Å². The maximum atomic E-state index is 11.9. The molecule has 7 nitrogen and oxygen atoms in total. The number of hydrogen-bond acceptors (Lipinski definition) is 4. The van der Waals surface area contributed by atoms with Crippen molar-refractivity contribution in [3.8, 4) is 0 Å². The zero-order valence-corrected chi connectivity index (χ0v) is 22.7. The van der Waals surface area contributed by atoms with Crippen LogP contribution in [0.1, 0.15) is 125 Å². The highest BCUT2D eigenvalue weighted by Gasteiger charge is 2.09. The summed E-state index contributed by atoms with van der Waals surface area (Å²) in [4.78, 5) is 35.1. The van der Waals surface area contributed by atoms with Crippen molar-refractivity contribution in [3.63, 3.8) is 0 Å². The van der Waals surface area contributed by atoms with Crippen LogP contribution in [-0.4, -0.2) is 49.1 Å². The van der Waals surface area contributed by atoms with Crippen molar-refractivity contribution < 1.29 is 19.1 Å². The highest BCUT2D eigenvalue weighted by Crippen LogP contribution is 2.11. The van der Waals surface area contributed by atoms with Gasteiger partial charge in [-0.2, -0.15) is 0 Å². The molecule has 0 aromatic rings. The van der Waals surface area contributed by atoms with Gasteiger partial charge in [-0.05, 0) is 60.3 Å². The second-order valence-electron chi connectivity index (χ2n) is 10.6. The van der Waals surface area contributed by atoms with Gasteiger partial charge in [-0.15, -0.1) is 0 Å². The van der Waals surface area contributed by atoms with Crippen LogP contribution in [0, 0.1) is 0 Å². The van der Waals surface area contributed by atoms with E-state index in [1.807, 2.05) is 13.8 Å². The molecule has 0 aromatic heterocycles. The summed E-state index contributed by atoms with van der Waals surface area (Å²) >= 11 is 0. The lowest BCUT2D eigenvalue weighted by atomic mass is 10.1. The molecule has 0 aliphatic heterocycles. The van der Waals surface area contributed by atoms with Crippen LogP contribution < -0.4 is 16.0 Å². The summed E-state index contributed by atoms with van der Waals surface area (Å²) in [7, 11) is 0. The maximum Gasteiger partial charge on any atom is 0.239 e. The van der Waals surface area contributed by atoms with Gasteiger partial charge in [0.05, 0.1) is 12.1 Å². The Labute approximate surface area is 208 Å². The summed E-state index contributed by atoms with van der Waals surface area (Å²) in [6, 6.07) is 0.0891.